The maximum atomic E-state index is 5.69. The summed E-state index contributed by atoms with van der Waals surface area (Å²) in [6.45, 7) is 0.824. The second-order valence-electron chi connectivity index (χ2n) is 3.46. The third kappa shape index (κ3) is 2.74. The van der Waals surface area contributed by atoms with Crippen molar-refractivity contribution in [2.45, 2.75) is 6.54 Å². The van der Waals surface area contributed by atoms with Gasteiger partial charge in [-0.15, -0.1) is 0 Å². The highest BCUT2D eigenvalue weighted by Gasteiger charge is 1.93. The Hall–Kier alpha value is -1.96. The van der Waals surface area contributed by atoms with Crippen molar-refractivity contribution in [1.82, 2.24) is 0 Å². The van der Waals surface area contributed by atoms with Crippen molar-refractivity contribution in [3.05, 3.63) is 60.2 Å². The number of rotatable bonds is 3. The fourth-order valence-electron chi connectivity index (χ4n) is 1.45. The standard InChI is InChI=1S/C13H14N2/c14-12-7-4-8-13(9-12)15-10-11-5-2-1-3-6-11/h1-9,15H,10,14H2. The highest BCUT2D eigenvalue weighted by molar-refractivity contribution is 5.54. The van der Waals surface area contributed by atoms with E-state index in [-0.39, 0.29) is 0 Å². The summed E-state index contributed by atoms with van der Waals surface area (Å²) < 4.78 is 0. The number of nitrogens with two attached hydrogens (primary N) is 1. The van der Waals surface area contributed by atoms with Crippen LogP contribution in [0.25, 0.3) is 0 Å². The van der Waals surface area contributed by atoms with Crippen LogP contribution in [-0.4, -0.2) is 0 Å². The Kier molecular flexibility index (Phi) is 2.88. The molecule has 0 fully saturated rings. The molecule has 0 atom stereocenters. The van der Waals surface area contributed by atoms with E-state index in [0.29, 0.717) is 0 Å². The Labute approximate surface area is 89.7 Å². The van der Waals surface area contributed by atoms with Crippen LogP contribution < -0.4 is 11.1 Å². The van der Waals surface area contributed by atoms with Crippen molar-refractivity contribution in [3.8, 4) is 0 Å². The first-order valence-corrected chi connectivity index (χ1v) is 4.98. The molecule has 2 aromatic rings. The van der Waals surface area contributed by atoms with E-state index in [1.54, 1.807) is 0 Å². The topological polar surface area (TPSA) is 38.0 Å². The van der Waals surface area contributed by atoms with Crippen molar-refractivity contribution in [1.29, 1.82) is 0 Å². The van der Waals surface area contributed by atoms with Gasteiger partial charge in [0.2, 0.25) is 0 Å². The van der Waals surface area contributed by atoms with Gasteiger partial charge in [0, 0.05) is 17.9 Å². The normalized spacial score (nSPS) is 9.87. The molecule has 0 spiro atoms. The summed E-state index contributed by atoms with van der Waals surface area (Å²) in [6.07, 6.45) is 0. The second kappa shape index (κ2) is 4.51. The molecular formula is C13H14N2. The zero-order valence-electron chi connectivity index (χ0n) is 8.48. The summed E-state index contributed by atoms with van der Waals surface area (Å²) in [5, 5.41) is 3.32. The lowest BCUT2D eigenvalue weighted by molar-refractivity contribution is 1.15. The molecule has 0 bridgehead atoms. The SMILES string of the molecule is Nc1cccc(NCc2ccccc2)c1. The zero-order valence-corrected chi connectivity index (χ0v) is 8.48. The third-order valence-corrected chi connectivity index (χ3v) is 2.23. The summed E-state index contributed by atoms with van der Waals surface area (Å²) in [6, 6.07) is 18.1. The summed E-state index contributed by atoms with van der Waals surface area (Å²) in [5.41, 5.74) is 8.79. The Morgan fingerprint density at radius 3 is 2.47 bits per heavy atom. The first-order valence-electron chi connectivity index (χ1n) is 4.98. The average Bonchev–Trinajstić information content (AvgIpc) is 2.28. The monoisotopic (exact) mass is 198 g/mol. The molecule has 2 heteroatoms. The Morgan fingerprint density at radius 1 is 0.933 bits per heavy atom. The van der Waals surface area contributed by atoms with Crippen molar-refractivity contribution in [3.63, 3.8) is 0 Å². The molecule has 0 saturated heterocycles. The van der Waals surface area contributed by atoms with E-state index in [1.165, 1.54) is 5.56 Å². The molecule has 0 aliphatic rings. The van der Waals surface area contributed by atoms with Crippen LogP contribution in [0.15, 0.2) is 54.6 Å². The molecule has 0 aliphatic heterocycles. The maximum absolute atomic E-state index is 5.69. The lowest BCUT2D eigenvalue weighted by atomic mass is 10.2. The lowest BCUT2D eigenvalue weighted by Gasteiger charge is -2.06. The van der Waals surface area contributed by atoms with E-state index in [1.807, 2.05) is 42.5 Å². The molecule has 2 nitrogen and oxygen atoms in total. The van der Waals surface area contributed by atoms with Crippen molar-refractivity contribution >= 4 is 11.4 Å². The predicted molar refractivity (Wildman–Crippen MR) is 64.6 cm³/mol. The maximum Gasteiger partial charge on any atom is 0.0400 e. The molecule has 0 radical (unpaired) electrons. The Balaban J connectivity index is 1.99. The number of hydrogen-bond acceptors (Lipinski definition) is 2. The van der Waals surface area contributed by atoms with Crippen LogP contribution in [-0.2, 0) is 6.54 Å². The van der Waals surface area contributed by atoms with Crippen LogP contribution >= 0.6 is 0 Å². The van der Waals surface area contributed by atoms with Gasteiger partial charge < -0.3 is 11.1 Å². The van der Waals surface area contributed by atoms with Gasteiger partial charge in [-0.25, -0.2) is 0 Å². The number of anilines is 2. The molecule has 0 heterocycles. The summed E-state index contributed by atoms with van der Waals surface area (Å²) >= 11 is 0. The molecule has 2 aromatic carbocycles. The van der Waals surface area contributed by atoms with E-state index >= 15 is 0 Å². The molecule has 0 aromatic heterocycles. The molecular weight excluding hydrogens is 184 g/mol. The van der Waals surface area contributed by atoms with Gasteiger partial charge in [0.15, 0.2) is 0 Å². The summed E-state index contributed by atoms with van der Waals surface area (Å²) in [5.74, 6) is 0. The molecule has 2 rings (SSSR count). The minimum Gasteiger partial charge on any atom is -0.399 e. The van der Waals surface area contributed by atoms with Gasteiger partial charge in [0.1, 0.15) is 0 Å². The number of hydrogen-bond donors (Lipinski definition) is 2. The van der Waals surface area contributed by atoms with Crippen LogP contribution in [0.2, 0.25) is 0 Å². The largest absolute Gasteiger partial charge is 0.399 e. The van der Waals surface area contributed by atoms with Gasteiger partial charge in [-0.2, -0.15) is 0 Å². The van der Waals surface area contributed by atoms with Crippen LogP contribution in [0, 0.1) is 0 Å². The van der Waals surface area contributed by atoms with Crippen LogP contribution in [0.5, 0.6) is 0 Å². The van der Waals surface area contributed by atoms with E-state index in [4.69, 9.17) is 5.73 Å². The molecule has 76 valence electrons. The fourth-order valence-corrected chi connectivity index (χ4v) is 1.45. The first-order chi connectivity index (χ1) is 7.34. The van der Waals surface area contributed by atoms with Gasteiger partial charge in [-0.05, 0) is 23.8 Å². The van der Waals surface area contributed by atoms with E-state index in [2.05, 4.69) is 17.4 Å². The number of benzene rings is 2. The fraction of sp³-hybridized carbons (Fsp3) is 0.0769. The molecule has 0 saturated carbocycles. The van der Waals surface area contributed by atoms with Gasteiger partial charge in [-0.3, -0.25) is 0 Å². The summed E-state index contributed by atoms with van der Waals surface area (Å²) in [7, 11) is 0. The minimum atomic E-state index is 0.785. The van der Waals surface area contributed by atoms with Crippen molar-refractivity contribution in [2.75, 3.05) is 11.1 Å². The van der Waals surface area contributed by atoms with Crippen LogP contribution in [0.4, 0.5) is 11.4 Å². The van der Waals surface area contributed by atoms with Crippen LogP contribution in [0.1, 0.15) is 5.56 Å². The van der Waals surface area contributed by atoms with E-state index < -0.39 is 0 Å². The zero-order chi connectivity index (χ0) is 10.5. The number of nitrogens with one attached hydrogen (secondary N) is 1. The second-order valence-corrected chi connectivity index (χ2v) is 3.46. The van der Waals surface area contributed by atoms with Crippen molar-refractivity contribution < 1.29 is 0 Å². The summed E-state index contributed by atoms with van der Waals surface area (Å²) in [4.78, 5) is 0. The van der Waals surface area contributed by atoms with Gasteiger partial charge >= 0.3 is 0 Å². The Bertz CT molecular complexity index is 424. The van der Waals surface area contributed by atoms with E-state index in [0.717, 1.165) is 17.9 Å². The quantitative estimate of drug-likeness (QED) is 0.744. The van der Waals surface area contributed by atoms with Crippen LogP contribution in [0.3, 0.4) is 0 Å². The smallest absolute Gasteiger partial charge is 0.0400 e. The lowest BCUT2D eigenvalue weighted by Crippen LogP contribution is -1.99. The van der Waals surface area contributed by atoms with Gasteiger partial charge in [0.05, 0.1) is 0 Å². The third-order valence-electron chi connectivity index (χ3n) is 2.23. The first kappa shape index (κ1) is 9.59. The highest BCUT2D eigenvalue weighted by Crippen LogP contribution is 2.12. The molecule has 15 heavy (non-hydrogen) atoms. The highest BCUT2D eigenvalue weighted by atomic mass is 14.9. The van der Waals surface area contributed by atoms with E-state index in [9.17, 15) is 0 Å². The Morgan fingerprint density at radius 2 is 1.73 bits per heavy atom. The predicted octanol–water partition coefficient (Wildman–Crippen LogP) is 2.88. The van der Waals surface area contributed by atoms with Crippen molar-refractivity contribution in [2.24, 2.45) is 0 Å². The average molecular weight is 198 g/mol. The number of nitrogen functional groups attached to an aromatic ring is 1. The molecule has 0 unspecified atom stereocenters. The minimum absolute atomic E-state index is 0.785. The van der Waals surface area contributed by atoms with Gasteiger partial charge in [-0.1, -0.05) is 36.4 Å². The molecule has 0 aliphatic carbocycles. The van der Waals surface area contributed by atoms with Gasteiger partial charge in [0.25, 0.3) is 0 Å². The molecule has 3 N–H and O–H groups in total. The molecule has 0 amide bonds.